The lowest BCUT2D eigenvalue weighted by molar-refractivity contribution is 0.144. The van der Waals surface area contributed by atoms with E-state index in [0.29, 0.717) is 6.17 Å². The zero-order chi connectivity index (χ0) is 8.15. The van der Waals surface area contributed by atoms with Gasteiger partial charge in [0.15, 0.2) is 0 Å². The summed E-state index contributed by atoms with van der Waals surface area (Å²) in [6, 6.07) is 0. The lowest BCUT2D eigenvalue weighted by atomic mass is 10.3. The molecule has 1 atom stereocenters. The molecule has 0 radical (unpaired) electrons. The minimum Gasteiger partial charge on any atom is -0.365 e. The van der Waals surface area contributed by atoms with Crippen molar-refractivity contribution in [3.63, 3.8) is 0 Å². The van der Waals surface area contributed by atoms with Gasteiger partial charge < -0.3 is 4.90 Å². The molecule has 0 bridgehead atoms. The number of hydrogen-bond acceptors (Lipinski definition) is 2. The van der Waals surface area contributed by atoms with E-state index in [9.17, 15) is 0 Å². The third kappa shape index (κ3) is 2.40. The summed E-state index contributed by atoms with van der Waals surface area (Å²) in [5.41, 5.74) is 0. The molecule has 0 aromatic carbocycles. The van der Waals surface area contributed by atoms with Crippen LogP contribution in [0.5, 0.6) is 0 Å². The Morgan fingerprint density at radius 3 is 2.00 bits per heavy atom. The van der Waals surface area contributed by atoms with Gasteiger partial charge >= 0.3 is 0 Å². The largest absolute Gasteiger partial charge is 0.365 e. The van der Waals surface area contributed by atoms with Gasteiger partial charge in [-0.25, -0.2) is 0 Å². The molecule has 0 aromatic rings. The van der Waals surface area contributed by atoms with E-state index in [1.54, 1.807) is 0 Å². The minimum atomic E-state index is 0.484. The Morgan fingerprint density at radius 2 is 1.90 bits per heavy atom. The van der Waals surface area contributed by atoms with Crippen molar-refractivity contribution in [3.8, 4) is 0 Å². The van der Waals surface area contributed by atoms with Gasteiger partial charge in [0.2, 0.25) is 0 Å². The second-order valence-electron chi connectivity index (χ2n) is 2.70. The standard InChI is InChI=1S/C8H18N2/c1-6-8(9(3)4)10(5)7-2/h7-8H,2,6H2,1,3-5H3. The fourth-order valence-corrected chi connectivity index (χ4v) is 1.14. The molecule has 0 saturated heterocycles. The van der Waals surface area contributed by atoms with Crippen LogP contribution in [-0.2, 0) is 0 Å². The van der Waals surface area contributed by atoms with Crippen LogP contribution in [0.3, 0.4) is 0 Å². The molecule has 0 aliphatic heterocycles. The molecular formula is C8H18N2. The number of rotatable bonds is 4. The number of hydrogen-bond donors (Lipinski definition) is 0. The van der Waals surface area contributed by atoms with E-state index in [0.717, 1.165) is 6.42 Å². The van der Waals surface area contributed by atoms with Crippen molar-refractivity contribution >= 4 is 0 Å². The molecule has 2 heteroatoms. The highest BCUT2D eigenvalue weighted by molar-refractivity contribution is 4.73. The third-order valence-electron chi connectivity index (χ3n) is 1.72. The molecular weight excluding hydrogens is 124 g/mol. The van der Waals surface area contributed by atoms with Gasteiger partial charge in [0.1, 0.15) is 0 Å². The molecule has 0 N–H and O–H groups in total. The van der Waals surface area contributed by atoms with Gasteiger partial charge in [0, 0.05) is 7.05 Å². The van der Waals surface area contributed by atoms with Crippen molar-refractivity contribution in [2.45, 2.75) is 19.5 Å². The summed E-state index contributed by atoms with van der Waals surface area (Å²) in [6.07, 6.45) is 3.46. The first kappa shape index (κ1) is 9.50. The highest BCUT2D eigenvalue weighted by Gasteiger charge is 2.09. The molecule has 1 unspecified atom stereocenters. The maximum absolute atomic E-state index is 3.71. The predicted molar refractivity (Wildman–Crippen MR) is 45.7 cm³/mol. The Balaban J connectivity index is 3.92. The zero-order valence-corrected chi connectivity index (χ0v) is 7.46. The predicted octanol–water partition coefficient (Wildman–Crippen LogP) is 1.36. The molecule has 0 aromatic heterocycles. The van der Waals surface area contributed by atoms with Crippen LogP contribution < -0.4 is 0 Å². The van der Waals surface area contributed by atoms with Crippen LogP contribution in [0.4, 0.5) is 0 Å². The van der Waals surface area contributed by atoms with Gasteiger partial charge in [0.05, 0.1) is 6.17 Å². The topological polar surface area (TPSA) is 6.48 Å². The third-order valence-corrected chi connectivity index (χ3v) is 1.72. The van der Waals surface area contributed by atoms with Crippen LogP contribution in [0.1, 0.15) is 13.3 Å². The lowest BCUT2D eigenvalue weighted by Crippen LogP contribution is -2.39. The Labute approximate surface area is 64.1 Å². The van der Waals surface area contributed by atoms with Gasteiger partial charge in [-0.1, -0.05) is 13.5 Å². The Hall–Kier alpha value is -0.500. The van der Waals surface area contributed by atoms with Crippen LogP contribution in [0, 0.1) is 0 Å². The van der Waals surface area contributed by atoms with Crippen LogP contribution in [0.2, 0.25) is 0 Å². The molecule has 0 heterocycles. The van der Waals surface area contributed by atoms with Crippen molar-refractivity contribution in [3.05, 3.63) is 12.8 Å². The van der Waals surface area contributed by atoms with E-state index in [-0.39, 0.29) is 0 Å². The van der Waals surface area contributed by atoms with E-state index in [1.165, 1.54) is 0 Å². The summed E-state index contributed by atoms with van der Waals surface area (Å²) in [6.45, 7) is 5.88. The van der Waals surface area contributed by atoms with Crippen molar-refractivity contribution in [1.82, 2.24) is 9.80 Å². The van der Waals surface area contributed by atoms with E-state index in [1.807, 2.05) is 13.2 Å². The molecule has 2 nitrogen and oxygen atoms in total. The summed E-state index contributed by atoms with van der Waals surface area (Å²) in [4.78, 5) is 4.29. The molecule has 0 fully saturated rings. The normalized spacial score (nSPS) is 13.3. The molecule has 0 aliphatic carbocycles. The van der Waals surface area contributed by atoms with Gasteiger partial charge in [-0.3, -0.25) is 4.90 Å². The molecule has 0 amide bonds. The maximum Gasteiger partial charge on any atom is 0.0804 e. The first-order valence-electron chi connectivity index (χ1n) is 3.64. The van der Waals surface area contributed by atoms with Crippen LogP contribution in [0.15, 0.2) is 12.8 Å². The quantitative estimate of drug-likeness (QED) is 0.547. The molecule has 0 saturated carbocycles. The Morgan fingerprint density at radius 1 is 1.40 bits per heavy atom. The summed E-state index contributed by atoms with van der Waals surface area (Å²) >= 11 is 0. The molecule has 0 spiro atoms. The van der Waals surface area contributed by atoms with E-state index >= 15 is 0 Å². The minimum absolute atomic E-state index is 0.484. The summed E-state index contributed by atoms with van der Waals surface area (Å²) in [7, 11) is 6.20. The maximum atomic E-state index is 3.71. The summed E-state index contributed by atoms with van der Waals surface area (Å²) < 4.78 is 0. The van der Waals surface area contributed by atoms with Gasteiger partial charge in [-0.05, 0) is 26.7 Å². The monoisotopic (exact) mass is 142 g/mol. The van der Waals surface area contributed by atoms with Crippen molar-refractivity contribution < 1.29 is 0 Å². The fraction of sp³-hybridized carbons (Fsp3) is 0.750. The highest BCUT2D eigenvalue weighted by atomic mass is 15.3. The van der Waals surface area contributed by atoms with Gasteiger partial charge in [0.25, 0.3) is 0 Å². The van der Waals surface area contributed by atoms with Crippen molar-refractivity contribution in [1.29, 1.82) is 0 Å². The van der Waals surface area contributed by atoms with E-state index in [4.69, 9.17) is 0 Å². The zero-order valence-electron chi connectivity index (χ0n) is 7.46. The first-order valence-corrected chi connectivity index (χ1v) is 3.64. The van der Waals surface area contributed by atoms with Crippen molar-refractivity contribution in [2.24, 2.45) is 0 Å². The molecule has 0 rings (SSSR count). The Bertz CT molecular complexity index is 99.4. The number of nitrogens with zero attached hydrogens (tertiary/aromatic N) is 2. The van der Waals surface area contributed by atoms with Gasteiger partial charge in [-0.2, -0.15) is 0 Å². The summed E-state index contributed by atoms with van der Waals surface area (Å²) in [5, 5.41) is 0. The van der Waals surface area contributed by atoms with E-state index < -0.39 is 0 Å². The first-order chi connectivity index (χ1) is 4.63. The van der Waals surface area contributed by atoms with Crippen molar-refractivity contribution in [2.75, 3.05) is 21.1 Å². The second kappa shape index (κ2) is 4.34. The SMILES string of the molecule is C=CN(C)C(CC)N(C)C. The average molecular weight is 142 g/mol. The van der Waals surface area contributed by atoms with Crippen LogP contribution >= 0.6 is 0 Å². The van der Waals surface area contributed by atoms with E-state index in [2.05, 4.69) is 37.4 Å². The fourth-order valence-electron chi connectivity index (χ4n) is 1.14. The second-order valence-corrected chi connectivity index (χ2v) is 2.70. The molecule has 60 valence electrons. The van der Waals surface area contributed by atoms with Crippen LogP contribution in [0.25, 0.3) is 0 Å². The van der Waals surface area contributed by atoms with Crippen LogP contribution in [-0.4, -0.2) is 37.1 Å². The molecule has 10 heavy (non-hydrogen) atoms. The van der Waals surface area contributed by atoms with Gasteiger partial charge in [-0.15, -0.1) is 0 Å². The Kier molecular flexibility index (Phi) is 4.12. The highest BCUT2D eigenvalue weighted by Crippen LogP contribution is 2.03. The average Bonchev–Trinajstić information content (AvgIpc) is 1.88. The molecule has 0 aliphatic rings. The summed E-state index contributed by atoms with van der Waals surface area (Å²) in [5.74, 6) is 0. The lowest BCUT2D eigenvalue weighted by Gasteiger charge is -2.31. The smallest absolute Gasteiger partial charge is 0.0804 e.